The second-order valence-electron chi connectivity index (χ2n) is 10.0. The molecule has 0 amide bonds. The summed E-state index contributed by atoms with van der Waals surface area (Å²) in [6.07, 6.45) is 7.12. The molecule has 4 heteroatoms. The fraction of sp³-hybridized carbons (Fsp3) is 0.952. The van der Waals surface area contributed by atoms with Gasteiger partial charge in [0.05, 0.1) is 12.2 Å². The lowest BCUT2D eigenvalue weighted by molar-refractivity contribution is -0.179. The molecule has 3 N–H and O–H groups in total. The van der Waals surface area contributed by atoms with Gasteiger partial charge < -0.3 is 15.3 Å². The molecule has 0 aromatic rings. The number of carbonyl (C=O) groups is 1. The molecule has 142 valence electrons. The number of fused-ring (bicyclic) bond motifs is 5. The van der Waals surface area contributed by atoms with Gasteiger partial charge in [-0.05, 0) is 85.9 Å². The van der Waals surface area contributed by atoms with Gasteiger partial charge in [0, 0.05) is 5.92 Å². The lowest BCUT2D eigenvalue weighted by Crippen LogP contribution is -2.59. The van der Waals surface area contributed by atoms with Crippen LogP contribution in [0.15, 0.2) is 0 Å². The summed E-state index contributed by atoms with van der Waals surface area (Å²) in [5.41, 5.74) is -0.0280. The Morgan fingerprint density at radius 2 is 1.80 bits per heavy atom. The molecule has 0 aromatic carbocycles. The Hall–Kier alpha value is -0.450. The molecular formula is C21H34O4. The van der Waals surface area contributed by atoms with Crippen LogP contribution in [0.3, 0.4) is 0 Å². The Morgan fingerprint density at radius 3 is 2.52 bits per heavy atom. The first-order valence-electron chi connectivity index (χ1n) is 10.3. The molecule has 0 aromatic heterocycles. The zero-order chi connectivity index (χ0) is 18.0. The van der Waals surface area contributed by atoms with Crippen LogP contribution in [0.1, 0.15) is 65.2 Å². The minimum absolute atomic E-state index is 0.0312. The Bertz CT molecular complexity index is 548. The van der Waals surface area contributed by atoms with Crippen molar-refractivity contribution in [3.63, 3.8) is 0 Å². The van der Waals surface area contributed by atoms with E-state index in [1.165, 1.54) is 0 Å². The van der Waals surface area contributed by atoms with E-state index in [9.17, 15) is 20.1 Å². The zero-order valence-corrected chi connectivity index (χ0v) is 15.7. The molecule has 4 nitrogen and oxygen atoms in total. The van der Waals surface area contributed by atoms with Crippen LogP contribution in [0.5, 0.6) is 0 Å². The van der Waals surface area contributed by atoms with Crippen molar-refractivity contribution in [3.05, 3.63) is 0 Å². The van der Waals surface area contributed by atoms with Crippen LogP contribution in [-0.4, -0.2) is 39.9 Å². The Kier molecular flexibility index (Phi) is 4.33. The first-order chi connectivity index (χ1) is 11.8. The van der Waals surface area contributed by atoms with Gasteiger partial charge in [-0.15, -0.1) is 0 Å². The standard InChI is InChI=1S/C21H34O4/c1-20-8-7-13(23)9-12(20)3-4-14-15-5-6-16(18(25)11-22)21(15,2)10-17(24)19(14)20/h12-17,19,22-24H,3-11H2,1-2H3/t12-,13+,14+,15+,16-,17+,19-,20+,21+/m1/s1. The number of hydrogen-bond acceptors (Lipinski definition) is 4. The van der Waals surface area contributed by atoms with E-state index in [0.717, 1.165) is 44.9 Å². The molecule has 0 radical (unpaired) electrons. The van der Waals surface area contributed by atoms with Crippen molar-refractivity contribution in [1.29, 1.82) is 0 Å². The maximum Gasteiger partial charge on any atom is 0.161 e. The van der Waals surface area contributed by atoms with Crippen molar-refractivity contribution in [2.45, 2.75) is 77.4 Å². The highest BCUT2D eigenvalue weighted by Gasteiger charge is 2.63. The monoisotopic (exact) mass is 350 g/mol. The van der Waals surface area contributed by atoms with E-state index < -0.39 is 0 Å². The van der Waals surface area contributed by atoms with Gasteiger partial charge in [-0.25, -0.2) is 0 Å². The fourth-order valence-electron chi connectivity index (χ4n) is 8.00. The molecule has 0 saturated heterocycles. The van der Waals surface area contributed by atoms with E-state index in [0.29, 0.717) is 30.1 Å². The fourth-order valence-corrected chi connectivity index (χ4v) is 8.00. The Labute approximate surface area is 151 Å². The number of aliphatic hydroxyl groups is 3. The summed E-state index contributed by atoms with van der Waals surface area (Å²) >= 11 is 0. The van der Waals surface area contributed by atoms with Crippen LogP contribution in [0, 0.1) is 40.4 Å². The smallest absolute Gasteiger partial charge is 0.161 e. The predicted octanol–water partition coefficient (Wildman–Crippen LogP) is 2.54. The molecule has 0 spiro atoms. The van der Waals surface area contributed by atoms with Gasteiger partial charge in [0.25, 0.3) is 0 Å². The van der Waals surface area contributed by atoms with E-state index in [-0.39, 0.29) is 41.3 Å². The third-order valence-corrected chi connectivity index (χ3v) is 9.11. The van der Waals surface area contributed by atoms with Crippen molar-refractivity contribution >= 4 is 5.78 Å². The molecule has 0 unspecified atom stereocenters. The molecular weight excluding hydrogens is 316 g/mol. The summed E-state index contributed by atoms with van der Waals surface area (Å²) in [7, 11) is 0. The lowest BCUT2D eigenvalue weighted by Gasteiger charge is -2.62. The van der Waals surface area contributed by atoms with Crippen LogP contribution in [0.2, 0.25) is 0 Å². The van der Waals surface area contributed by atoms with E-state index >= 15 is 0 Å². The summed E-state index contributed by atoms with van der Waals surface area (Å²) in [5.74, 6) is 1.69. The van der Waals surface area contributed by atoms with E-state index in [1.54, 1.807) is 0 Å². The first kappa shape index (κ1) is 17.9. The normalized spacial score (nSPS) is 55.2. The highest BCUT2D eigenvalue weighted by molar-refractivity contribution is 5.83. The summed E-state index contributed by atoms with van der Waals surface area (Å²) in [6, 6.07) is 0. The largest absolute Gasteiger partial charge is 0.393 e. The van der Waals surface area contributed by atoms with Crippen LogP contribution >= 0.6 is 0 Å². The van der Waals surface area contributed by atoms with E-state index in [4.69, 9.17) is 0 Å². The Balaban J connectivity index is 1.65. The van der Waals surface area contributed by atoms with Gasteiger partial charge in [-0.2, -0.15) is 0 Å². The highest BCUT2D eigenvalue weighted by Crippen LogP contribution is 2.67. The van der Waals surface area contributed by atoms with Gasteiger partial charge in [-0.3, -0.25) is 4.79 Å². The number of carbonyl (C=O) groups excluding carboxylic acids is 1. The number of hydrogen-bond donors (Lipinski definition) is 3. The minimum atomic E-state index is -0.366. The van der Waals surface area contributed by atoms with Crippen molar-refractivity contribution in [1.82, 2.24) is 0 Å². The number of aliphatic hydroxyl groups excluding tert-OH is 3. The molecule has 4 saturated carbocycles. The maximum absolute atomic E-state index is 12.3. The second-order valence-corrected chi connectivity index (χ2v) is 10.0. The summed E-state index contributed by atoms with van der Waals surface area (Å²) in [6.45, 7) is 4.19. The molecule has 4 rings (SSSR count). The van der Waals surface area contributed by atoms with E-state index in [2.05, 4.69) is 13.8 Å². The predicted molar refractivity (Wildman–Crippen MR) is 94.7 cm³/mol. The topological polar surface area (TPSA) is 77.8 Å². The van der Waals surface area contributed by atoms with Crippen molar-refractivity contribution < 1.29 is 20.1 Å². The Morgan fingerprint density at radius 1 is 1.04 bits per heavy atom. The maximum atomic E-state index is 12.3. The number of rotatable bonds is 2. The molecule has 4 aliphatic rings. The average molecular weight is 350 g/mol. The molecule has 0 heterocycles. The molecule has 25 heavy (non-hydrogen) atoms. The molecule has 4 aliphatic carbocycles. The van der Waals surface area contributed by atoms with Crippen LogP contribution in [0.25, 0.3) is 0 Å². The van der Waals surface area contributed by atoms with Gasteiger partial charge in [-0.1, -0.05) is 13.8 Å². The minimum Gasteiger partial charge on any atom is -0.393 e. The second kappa shape index (κ2) is 6.03. The molecule has 0 aliphatic heterocycles. The van der Waals surface area contributed by atoms with Gasteiger partial charge in [0.2, 0.25) is 0 Å². The van der Waals surface area contributed by atoms with Crippen LogP contribution in [0.4, 0.5) is 0 Å². The summed E-state index contributed by atoms with van der Waals surface area (Å²) in [5, 5.41) is 30.7. The lowest BCUT2D eigenvalue weighted by atomic mass is 9.44. The number of Topliss-reactive ketones (excluding diaryl/α,β-unsaturated/α-hetero) is 1. The summed E-state index contributed by atoms with van der Waals surface area (Å²) < 4.78 is 0. The van der Waals surface area contributed by atoms with Gasteiger partial charge in [0.15, 0.2) is 5.78 Å². The molecule has 4 fully saturated rings. The highest BCUT2D eigenvalue weighted by atomic mass is 16.3. The first-order valence-corrected chi connectivity index (χ1v) is 10.3. The molecule has 9 atom stereocenters. The van der Waals surface area contributed by atoms with Crippen molar-refractivity contribution in [2.24, 2.45) is 40.4 Å². The average Bonchev–Trinajstić information content (AvgIpc) is 2.91. The van der Waals surface area contributed by atoms with Gasteiger partial charge >= 0.3 is 0 Å². The SMILES string of the molecule is C[C@]12CC[C@H](O)C[C@H]1CC[C@@H]1[C@@H]2[C@@H](O)C[C@]2(C)[C@@H](C(=O)CO)CC[C@@H]12. The summed E-state index contributed by atoms with van der Waals surface area (Å²) in [4.78, 5) is 12.3. The van der Waals surface area contributed by atoms with E-state index in [1.807, 2.05) is 0 Å². The molecule has 0 bridgehead atoms. The third kappa shape index (κ3) is 2.47. The van der Waals surface area contributed by atoms with Crippen LogP contribution < -0.4 is 0 Å². The van der Waals surface area contributed by atoms with Crippen molar-refractivity contribution in [2.75, 3.05) is 6.61 Å². The quantitative estimate of drug-likeness (QED) is 0.715. The van der Waals surface area contributed by atoms with Crippen LogP contribution in [-0.2, 0) is 4.79 Å². The number of ketones is 1. The zero-order valence-electron chi connectivity index (χ0n) is 15.7. The van der Waals surface area contributed by atoms with Crippen molar-refractivity contribution in [3.8, 4) is 0 Å². The third-order valence-electron chi connectivity index (χ3n) is 9.11. The van der Waals surface area contributed by atoms with Gasteiger partial charge in [0.1, 0.15) is 6.61 Å².